The molecule has 0 aliphatic rings. The molecule has 1 aromatic carbocycles. The van der Waals surface area contributed by atoms with Crippen molar-refractivity contribution >= 4 is 15.9 Å². The number of nitrogens with two attached hydrogens (primary N) is 1. The topological polar surface area (TPSA) is 77.8 Å². The highest BCUT2D eigenvalue weighted by Gasteiger charge is 2.11. The van der Waals surface area contributed by atoms with Gasteiger partial charge in [0.25, 0.3) is 5.89 Å². The van der Waals surface area contributed by atoms with Crippen molar-refractivity contribution in [2.75, 3.05) is 6.54 Å². The van der Waals surface area contributed by atoms with Crippen molar-refractivity contribution < 1.29 is 4.52 Å². The van der Waals surface area contributed by atoms with Gasteiger partial charge in [-0.3, -0.25) is 4.98 Å². The number of pyridine rings is 1. The largest absolute Gasteiger partial charge is 0.334 e. The second-order valence-corrected chi connectivity index (χ2v) is 5.44. The fourth-order valence-electron chi connectivity index (χ4n) is 1.93. The van der Waals surface area contributed by atoms with E-state index in [0.717, 1.165) is 16.5 Å². The molecule has 6 heteroatoms. The van der Waals surface area contributed by atoms with Crippen LogP contribution in [0.5, 0.6) is 0 Å². The first-order chi connectivity index (χ1) is 10.3. The molecule has 5 nitrogen and oxygen atoms in total. The van der Waals surface area contributed by atoms with E-state index in [-0.39, 0.29) is 0 Å². The molecule has 0 saturated carbocycles. The molecule has 0 amide bonds. The van der Waals surface area contributed by atoms with Crippen LogP contribution in [0.4, 0.5) is 0 Å². The van der Waals surface area contributed by atoms with Gasteiger partial charge in [-0.2, -0.15) is 4.98 Å². The summed E-state index contributed by atoms with van der Waals surface area (Å²) < 4.78 is 6.21. The standard InChI is InChI=1S/C15H13BrN4O/c16-12-5-6-13(18-9-12)14-19-15(21-20-14)11-3-1-10(2-4-11)7-8-17/h1-6,9H,7-8,17H2. The molecule has 106 valence electrons. The maximum atomic E-state index is 5.54. The van der Waals surface area contributed by atoms with Crippen LogP contribution in [0.3, 0.4) is 0 Å². The fraction of sp³-hybridized carbons (Fsp3) is 0.133. The molecule has 0 unspecified atom stereocenters. The monoisotopic (exact) mass is 344 g/mol. The van der Waals surface area contributed by atoms with E-state index >= 15 is 0 Å². The minimum atomic E-state index is 0.475. The Morgan fingerprint density at radius 2 is 1.90 bits per heavy atom. The quantitative estimate of drug-likeness (QED) is 0.786. The minimum absolute atomic E-state index is 0.475. The van der Waals surface area contributed by atoms with E-state index in [4.69, 9.17) is 10.3 Å². The Balaban J connectivity index is 1.85. The van der Waals surface area contributed by atoms with Gasteiger partial charge in [-0.15, -0.1) is 0 Å². The molecule has 21 heavy (non-hydrogen) atoms. The van der Waals surface area contributed by atoms with Crippen molar-refractivity contribution in [2.24, 2.45) is 5.73 Å². The Labute approximate surface area is 130 Å². The number of rotatable bonds is 4. The molecule has 0 bridgehead atoms. The first-order valence-electron chi connectivity index (χ1n) is 6.51. The Hall–Kier alpha value is -2.05. The highest BCUT2D eigenvalue weighted by Crippen LogP contribution is 2.22. The summed E-state index contributed by atoms with van der Waals surface area (Å²) in [6.45, 7) is 0.638. The number of halogens is 1. The molecule has 0 spiro atoms. The Kier molecular flexibility index (Phi) is 4.08. The van der Waals surface area contributed by atoms with E-state index in [1.165, 1.54) is 5.56 Å². The van der Waals surface area contributed by atoms with Crippen LogP contribution < -0.4 is 5.73 Å². The van der Waals surface area contributed by atoms with E-state index in [0.29, 0.717) is 24.0 Å². The molecule has 0 atom stereocenters. The maximum absolute atomic E-state index is 5.54. The molecule has 0 aliphatic heterocycles. The first-order valence-corrected chi connectivity index (χ1v) is 7.30. The van der Waals surface area contributed by atoms with Crippen LogP contribution in [-0.4, -0.2) is 21.7 Å². The lowest BCUT2D eigenvalue weighted by Crippen LogP contribution is -2.02. The molecule has 3 aromatic rings. The highest BCUT2D eigenvalue weighted by molar-refractivity contribution is 9.10. The van der Waals surface area contributed by atoms with Crippen LogP contribution >= 0.6 is 15.9 Å². The van der Waals surface area contributed by atoms with E-state index in [9.17, 15) is 0 Å². The van der Waals surface area contributed by atoms with Crippen molar-refractivity contribution in [1.29, 1.82) is 0 Å². The van der Waals surface area contributed by atoms with Crippen LogP contribution in [0.25, 0.3) is 23.0 Å². The van der Waals surface area contributed by atoms with Gasteiger partial charge in [-0.05, 0) is 58.7 Å². The lowest BCUT2D eigenvalue weighted by molar-refractivity contribution is 0.432. The van der Waals surface area contributed by atoms with Gasteiger partial charge in [-0.25, -0.2) is 0 Å². The van der Waals surface area contributed by atoms with Gasteiger partial charge >= 0.3 is 0 Å². The number of aromatic nitrogens is 3. The average molecular weight is 345 g/mol. The zero-order valence-corrected chi connectivity index (χ0v) is 12.7. The third-order valence-corrected chi connectivity index (χ3v) is 3.49. The molecule has 0 saturated heterocycles. The Morgan fingerprint density at radius 1 is 1.10 bits per heavy atom. The van der Waals surface area contributed by atoms with Crippen LogP contribution in [0, 0.1) is 0 Å². The second kappa shape index (κ2) is 6.15. The zero-order valence-electron chi connectivity index (χ0n) is 11.2. The van der Waals surface area contributed by atoms with Crippen molar-refractivity contribution in [3.63, 3.8) is 0 Å². The summed E-state index contributed by atoms with van der Waals surface area (Å²) in [6.07, 6.45) is 2.56. The van der Waals surface area contributed by atoms with E-state index in [1.54, 1.807) is 6.20 Å². The van der Waals surface area contributed by atoms with Crippen molar-refractivity contribution in [1.82, 2.24) is 15.1 Å². The lowest BCUT2D eigenvalue weighted by Gasteiger charge is -1.99. The normalized spacial score (nSPS) is 10.8. The smallest absolute Gasteiger partial charge is 0.258 e. The highest BCUT2D eigenvalue weighted by atomic mass is 79.9. The molecule has 0 radical (unpaired) electrons. The molecular weight excluding hydrogens is 332 g/mol. The third kappa shape index (κ3) is 3.17. The number of nitrogens with zero attached hydrogens (tertiary/aromatic N) is 3. The van der Waals surface area contributed by atoms with Gasteiger partial charge in [0.1, 0.15) is 5.69 Å². The lowest BCUT2D eigenvalue weighted by atomic mass is 10.1. The first kappa shape index (κ1) is 13.9. The van der Waals surface area contributed by atoms with Crippen LogP contribution in [0.2, 0.25) is 0 Å². The zero-order chi connectivity index (χ0) is 14.7. The van der Waals surface area contributed by atoms with Gasteiger partial charge < -0.3 is 10.3 Å². The molecule has 2 N–H and O–H groups in total. The van der Waals surface area contributed by atoms with E-state index in [2.05, 4.69) is 31.1 Å². The SMILES string of the molecule is NCCc1ccc(-c2nc(-c3ccc(Br)cn3)no2)cc1. The minimum Gasteiger partial charge on any atom is -0.334 e. The number of benzene rings is 1. The maximum Gasteiger partial charge on any atom is 0.258 e. The Morgan fingerprint density at radius 3 is 2.57 bits per heavy atom. The van der Waals surface area contributed by atoms with E-state index in [1.807, 2.05) is 36.4 Å². The van der Waals surface area contributed by atoms with Crippen molar-refractivity contribution in [3.8, 4) is 23.0 Å². The summed E-state index contributed by atoms with van der Waals surface area (Å²) in [5.41, 5.74) is 8.28. The molecule has 2 aromatic heterocycles. The molecule has 0 aliphatic carbocycles. The molecule has 2 heterocycles. The predicted molar refractivity (Wildman–Crippen MR) is 83.4 cm³/mol. The summed E-state index contributed by atoms with van der Waals surface area (Å²) in [7, 11) is 0. The van der Waals surface area contributed by atoms with Gasteiger partial charge in [0.15, 0.2) is 0 Å². The molecule has 3 rings (SSSR count). The van der Waals surface area contributed by atoms with E-state index < -0.39 is 0 Å². The van der Waals surface area contributed by atoms with Gasteiger partial charge in [-0.1, -0.05) is 17.3 Å². The summed E-state index contributed by atoms with van der Waals surface area (Å²) in [6, 6.07) is 11.7. The number of hydrogen-bond donors (Lipinski definition) is 1. The molecular formula is C15H13BrN4O. The van der Waals surface area contributed by atoms with Crippen LogP contribution in [-0.2, 0) is 6.42 Å². The number of hydrogen-bond acceptors (Lipinski definition) is 5. The van der Waals surface area contributed by atoms with Crippen LogP contribution in [0.1, 0.15) is 5.56 Å². The summed E-state index contributed by atoms with van der Waals surface area (Å²) >= 11 is 3.34. The van der Waals surface area contributed by atoms with Crippen molar-refractivity contribution in [2.45, 2.75) is 6.42 Å². The predicted octanol–water partition coefficient (Wildman–Crippen LogP) is 3.06. The second-order valence-electron chi connectivity index (χ2n) is 4.52. The van der Waals surface area contributed by atoms with Gasteiger partial charge in [0.2, 0.25) is 5.82 Å². The van der Waals surface area contributed by atoms with Crippen LogP contribution in [0.15, 0.2) is 51.6 Å². The third-order valence-electron chi connectivity index (χ3n) is 3.02. The van der Waals surface area contributed by atoms with Gasteiger partial charge in [0.05, 0.1) is 0 Å². The average Bonchev–Trinajstić information content (AvgIpc) is 2.99. The van der Waals surface area contributed by atoms with Gasteiger partial charge in [0, 0.05) is 16.2 Å². The summed E-state index contributed by atoms with van der Waals surface area (Å²) in [4.78, 5) is 8.62. The summed E-state index contributed by atoms with van der Waals surface area (Å²) in [5.74, 6) is 0.956. The Bertz CT molecular complexity index is 722. The fourth-order valence-corrected chi connectivity index (χ4v) is 2.17. The summed E-state index contributed by atoms with van der Waals surface area (Å²) in [5, 5.41) is 3.97. The molecule has 0 fully saturated rings. The van der Waals surface area contributed by atoms with Crippen molar-refractivity contribution in [3.05, 3.63) is 52.6 Å².